The van der Waals surface area contributed by atoms with Gasteiger partial charge in [0.15, 0.2) is 0 Å². The Labute approximate surface area is 203 Å². The van der Waals surface area contributed by atoms with Crippen LogP contribution in [0.25, 0.3) is 0 Å². The summed E-state index contributed by atoms with van der Waals surface area (Å²) in [4.78, 5) is 0. The lowest BCUT2D eigenvalue weighted by Gasteiger charge is -2.22. The summed E-state index contributed by atoms with van der Waals surface area (Å²) in [5.74, 6) is 0.356. The van der Waals surface area contributed by atoms with Gasteiger partial charge in [-0.3, -0.25) is 0 Å². The van der Waals surface area contributed by atoms with Crippen molar-refractivity contribution in [3.05, 3.63) is 0 Å². The monoisotopic (exact) mass is 473 g/mol. The number of hydrogen-bond acceptors (Lipinski definition) is 2. The average Bonchev–Trinajstić information content (AvgIpc) is 2.78. The zero-order valence-electron chi connectivity index (χ0n) is 22.3. The Morgan fingerprint density at radius 3 is 1.03 bits per heavy atom. The quantitative estimate of drug-likeness (QED) is 0.117. The Kier molecular flexibility index (Phi) is 24.0. The molecule has 0 saturated heterocycles. The summed E-state index contributed by atoms with van der Waals surface area (Å²) in [6.07, 6.45) is 27.0. The minimum absolute atomic E-state index is 0.356. The first-order valence-corrected chi connectivity index (χ1v) is 16.2. The third kappa shape index (κ3) is 20.5. The lowest BCUT2D eigenvalue weighted by atomic mass is 10.1. The molecular weight excluding hydrogens is 414 g/mol. The molecule has 4 heteroatoms. The summed E-state index contributed by atoms with van der Waals surface area (Å²) in [5, 5.41) is 0. The Morgan fingerprint density at radius 1 is 0.406 bits per heavy atom. The highest BCUT2D eigenvalue weighted by Crippen LogP contribution is 2.15. The highest BCUT2D eigenvalue weighted by Gasteiger charge is 2.20. The number of hydrogen-bond donors (Lipinski definition) is 0. The summed E-state index contributed by atoms with van der Waals surface area (Å²) in [5.41, 5.74) is 0. The molecule has 0 aliphatic carbocycles. The van der Waals surface area contributed by atoms with E-state index >= 15 is 0 Å². The van der Waals surface area contributed by atoms with Gasteiger partial charge in [0.1, 0.15) is 0 Å². The third-order valence-electron chi connectivity index (χ3n) is 6.67. The number of unbranched alkanes of at least 4 members (excludes halogenated alkanes) is 19. The second kappa shape index (κ2) is 24.0. The topological polar surface area (TPSA) is 37.4 Å². The zero-order valence-corrected chi connectivity index (χ0v) is 23.2. The van der Waals surface area contributed by atoms with Crippen molar-refractivity contribution >= 4 is 10.0 Å². The lowest BCUT2D eigenvalue weighted by Crippen LogP contribution is -2.35. The molecule has 0 heterocycles. The van der Waals surface area contributed by atoms with E-state index in [1.165, 1.54) is 116 Å². The second-order valence-electron chi connectivity index (χ2n) is 9.93. The van der Waals surface area contributed by atoms with E-state index in [2.05, 4.69) is 20.8 Å². The van der Waals surface area contributed by atoms with Gasteiger partial charge in [-0.1, -0.05) is 143 Å². The van der Waals surface area contributed by atoms with Crippen LogP contribution in [0.2, 0.25) is 0 Å². The number of sulfonamides is 1. The fourth-order valence-electron chi connectivity index (χ4n) is 4.43. The third-order valence-corrected chi connectivity index (χ3v) is 8.63. The van der Waals surface area contributed by atoms with Gasteiger partial charge in [0.05, 0.1) is 5.75 Å². The molecule has 0 spiro atoms. The van der Waals surface area contributed by atoms with Crippen LogP contribution in [0.5, 0.6) is 0 Å². The largest absolute Gasteiger partial charge is 0.214 e. The standard InChI is InChI=1S/C28H59NO2S/c1-4-7-10-13-16-17-18-19-22-25-28-32(30,31)29(26-23-20-14-11-8-5-2)27-24-21-15-12-9-6-3/h4-28H2,1-3H3. The maximum absolute atomic E-state index is 13.0. The molecule has 0 aromatic carbocycles. The van der Waals surface area contributed by atoms with Gasteiger partial charge in [0.2, 0.25) is 10.0 Å². The molecule has 32 heavy (non-hydrogen) atoms. The van der Waals surface area contributed by atoms with Crippen LogP contribution < -0.4 is 0 Å². The van der Waals surface area contributed by atoms with Crippen LogP contribution in [0.1, 0.15) is 162 Å². The summed E-state index contributed by atoms with van der Waals surface area (Å²) < 4.78 is 27.9. The Hall–Kier alpha value is -0.0900. The molecule has 0 saturated carbocycles. The van der Waals surface area contributed by atoms with E-state index in [1.807, 2.05) is 4.31 Å². The maximum Gasteiger partial charge on any atom is 0.214 e. The van der Waals surface area contributed by atoms with E-state index in [1.54, 1.807) is 0 Å². The van der Waals surface area contributed by atoms with E-state index < -0.39 is 10.0 Å². The van der Waals surface area contributed by atoms with E-state index in [4.69, 9.17) is 0 Å². The fourth-order valence-corrected chi connectivity index (χ4v) is 6.07. The van der Waals surface area contributed by atoms with E-state index in [0.29, 0.717) is 5.75 Å². The molecule has 0 bridgehead atoms. The Balaban J connectivity index is 4.18. The zero-order chi connectivity index (χ0) is 23.8. The first-order chi connectivity index (χ1) is 15.6. The molecule has 0 atom stereocenters. The van der Waals surface area contributed by atoms with Crippen LogP contribution in [-0.4, -0.2) is 31.6 Å². The first-order valence-electron chi connectivity index (χ1n) is 14.6. The van der Waals surface area contributed by atoms with Crippen LogP contribution in [0.3, 0.4) is 0 Å². The van der Waals surface area contributed by atoms with Crippen LogP contribution in [0.4, 0.5) is 0 Å². The molecule has 0 amide bonds. The van der Waals surface area contributed by atoms with Crippen LogP contribution in [0, 0.1) is 0 Å². The van der Waals surface area contributed by atoms with Crippen LogP contribution >= 0.6 is 0 Å². The molecule has 0 aromatic rings. The van der Waals surface area contributed by atoms with Crippen molar-refractivity contribution in [1.82, 2.24) is 4.31 Å². The molecule has 194 valence electrons. The van der Waals surface area contributed by atoms with Crippen molar-refractivity contribution in [1.29, 1.82) is 0 Å². The smallest absolute Gasteiger partial charge is 0.212 e. The van der Waals surface area contributed by atoms with Crippen molar-refractivity contribution < 1.29 is 8.42 Å². The average molecular weight is 474 g/mol. The fraction of sp³-hybridized carbons (Fsp3) is 1.00. The molecule has 0 unspecified atom stereocenters. The van der Waals surface area contributed by atoms with Crippen molar-refractivity contribution in [2.75, 3.05) is 18.8 Å². The first kappa shape index (κ1) is 31.9. The summed E-state index contributed by atoms with van der Waals surface area (Å²) in [6.45, 7) is 8.21. The maximum atomic E-state index is 13.0. The molecule has 0 rings (SSSR count). The molecule has 0 aromatic heterocycles. The van der Waals surface area contributed by atoms with Gasteiger partial charge in [0.25, 0.3) is 0 Å². The van der Waals surface area contributed by atoms with E-state index in [0.717, 1.165) is 38.8 Å². The lowest BCUT2D eigenvalue weighted by molar-refractivity contribution is 0.382. The van der Waals surface area contributed by atoms with Crippen molar-refractivity contribution in [3.8, 4) is 0 Å². The van der Waals surface area contributed by atoms with Crippen molar-refractivity contribution in [2.24, 2.45) is 0 Å². The minimum Gasteiger partial charge on any atom is -0.212 e. The number of rotatable bonds is 26. The Morgan fingerprint density at radius 2 is 0.688 bits per heavy atom. The highest BCUT2D eigenvalue weighted by molar-refractivity contribution is 7.89. The normalized spacial score (nSPS) is 12.1. The van der Waals surface area contributed by atoms with Crippen molar-refractivity contribution in [3.63, 3.8) is 0 Å². The number of nitrogens with zero attached hydrogens (tertiary/aromatic N) is 1. The molecule has 3 nitrogen and oxygen atoms in total. The van der Waals surface area contributed by atoms with Gasteiger partial charge in [-0.05, 0) is 19.3 Å². The van der Waals surface area contributed by atoms with Gasteiger partial charge < -0.3 is 0 Å². The molecular formula is C28H59NO2S. The van der Waals surface area contributed by atoms with E-state index in [9.17, 15) is 8.42 Å². The molecule has 0 aliphatic rings. The van der Waals surface area contributed by atoms with Crippen LogP contribution in [0.15, 0.2) is 0 Å². The molecule has 0 N–H and O–H groups in total. The Bertz CT molecular complexity index is 448. The SMILES string of the molecule is CCCCCCCCCCCCS(=O)(=O)N(CCCCCCCC)CCCCCCCC. The summed E-state index contributed by atoms with van der Waals surface area (Å²) in [7, 11) is -3.09. The van der Waals surface area contributed by atoms with Gasteiger partial charge in [0, 0.05) is 13.1 Å². The van der Waals surface area contributed by atoms with E-state index in [-0.39, 0.29) is 0 Å². The minimum atomic E-state index is -3.09. The predicted octanol–water partition coefficient (Wildman–Crippen LogP) is 9.26. The van der Waals surface area contributed by atoms with Crippen molar-refractivity contribution in [2.45, 2.75) is 162 Å². The van der Waals surface area contributed by atoms with Gasteiger partial charge >= 0.3 is 0 Å². The second-order valence-corrected chi connectivity index (χ2v) is 12.0. The molecule has 0 aliphatic heterocycles. The van der Waals surface area contributed by atoms with Gasteiger partial charge in [-0.25, -0.2) is 12.7 Å². The highest BCUT2D eigenvalue weighted by atomic mass is 32.2. The van der Waals surface area contributed by atoms with Gasteiger partial charge in [-0.2, -0.15) is 0 Å². The molecule has 0 radical (unpaired) electrons. The van der Waals surface area contributed by atoms with Crippen LogP contribution in [-0.2, 0) is 10.0 Å². The summed E-state index contributed by atoms with van der Waals surface area (Å²) in [6, 6.07) is 0. The predicted molar refractivity (Wildman–Crippen MR) is 144 cm³/mol. The van der Waals surface area contributed by atoms with Gasteiger partial charge in [-0.15, -0.1) is 0 Å². The summed E-state index contributed by atoms with van der Waals surface area (Å²) >= 11 is 0. The molecule has 0 fully saturated rings.